The van der Waals surface area contributed by atoms with E-state index in [9.17, 15) is 10.1 Å². The molecule has 1 rings (SSSR count). The van der Waals surface area contributed by atoms with Crippen molar-refractivity contribution in [2.45, 2.75) is 12.5 Å². The predicted molar refractivity (Wildman–Crippen MR) is 27.3 cm³/mol. The first-order valence-electron chi connectivity index (χ1n) is 2.68. The van der Waals surface area contributed by atoms with Crippen LogP contribution in [0.2, 0.25) is 0 Å². The lowest BCUT2D eigenvalue weighted by atomic mass is 10.4. The van der Waals surface area contributed by atoms with Gasteiger partial charge in [0.1, 0.15) is 0 Å². The van der Waals surface area contributed by atoms with E-state index in [1.54, 1.807) is 0 Å². The molecule has 0 radical (unpaired) electrons. The minimum atomic E-state index is -0.789. The summed E-state index contributed by atoms with van der Waals surface area (Å²) in [5.41, 5.74) is 0. The fourth-order valence-corrected chi connectivity index (χ4v) is 0.493. The lowest BCUT2D eigenvalue weighted by Gasteiger charge is -1.92. The molecule has 1 aliphatic heterocycles. The van der Waals surface area contributed by atoms with E-state index in [-0.39, 0.29) is 12.7 Å². The molecule has 0 spiro atoms. The van der Waals surface area contributed by atoms with Crippen molar-refractivity contribution < 1.29 is 14.7 Å². The van der Waals surface area contributed by atoms with Gasteiger partial charge in [0, 0.05) is 0 Å². The van der Waals surface area contributed by atoms with E-state index in [0.717, 1.165) is 6.61 Å². The number of ether oxygens (including phenoxy) is 1. The highest BCUT2D eigenvalue weighted by Crippen LogP contribution is 2.12. The molecule has 5 nitrogen and oxygen atoms in total. The van der Waals surface area contributed by atoms with Gasteiger partial charge in [0.05, 0.1) is 19.3 Å². The Labute approximate surface area is 51.7 Å². The monoisotopic (exact) mass is 133 g/mol. The van der Waals surface area contributed by atoms with Gasteiger partial charge in [-0.1, -0.05) is 0 Å². The van der Waals surface area contributed by atoms with E-state index in [1.807, 2.05) is 0 Å². The Balaban J connectivity index is 1.86. The van der Waals surface area contributed by atoms with Crippen molar-refractivity contribution in [3.8, 4) is 0 Å². The predicted octanol–water partition coefficient (Wildman–Crippen LogP) is -0.0164. The van der Waals surface area contributed by atoms with Crippen molar-refractivity contribution in [1.82, 2.24) is 0 Å². The summed E-state index contributed by atoms with van der Waals surface area (Å²) in [5.74, 6) is 0. The summed E-state index contributed by atoms with van der Waals surface area (Å²) in [6, 6.07) is 0. The van der Waals surface area contributed by atoms with Crippen LogP contribution in [0.3, 0.4) is 0 Å². The molecule has 0 aromatic rings. The van der Waals surface area contributed by atoms with Gasteiger partial charge in [0.15, 0.2) is 0 Å². The third-order valence-electron chi connectivity index (χ3n) is 1.04. The van der Waals surface area contributed by atoms with E-state index in [0.29, 0.717) is 6.42 Å². The van der Waals surface area contributed by atoms with Gasteiger partial charge in [-0.25, -0.2) is 0 Å². The standard InChI is InChI=1S/C4H7NO4/c6-5(7)9-2-1-4-3-8-4/h4H,1-3H2. The molecule has 0 aromatic carbocycles. The average Bonchev–Trinajstić information content (AvgIpc) is 2.48. The summed E-state index contributed by atoms with van der Waals surface area (Å²) in [6.45, 7) is 0.874. The molecule has 1 aliphatic rings. The molecular weight excluding hydrogens is 126 g/mol. The van der Waals surface area contributed by atoms with Crippen LogP contribution in [0.5, 0.6) is 0 Å². The summed E-state index contributed by atoms with van der Waals surface area (Å²) in [4.78, 5) is 13.6. The van der Waals surface area contributed by atoms with Crippen LogP contribution in [0, 0.1) is 10.1 Å². The summed E-state index contributed by atoms with van der Waals surface area (Å²) >= 11 is 0. The molecule has 1 unspecified atom stereocenters. The Bertz CT molecular complexity index is 111. The molecule has 0 saturated carbocycles. The molecule has 9 heavy (non-hydrogen) atoms. The summed E-state index contributed by atoms with van der Waals surface area (Å²) in [5, 5.41) is 8.75. The fraction of sp³-hybridized carbons (Fsp3) is 1.00. The second-order valence-corrected chi connectivity index (χ2v) is 1.80. The Hall–Kier alpha value is -0.840. The van der Waals surface area contributed by atoms with Gasteiger partial charge in [0.2, 0.25) is 0 Å². The Morgan fingerprint density at radius 2 is 2.56 bits per heavy atom. The van der Waals surface area contributed by atoms with Gasteiger partial charge in [-0.05, 0) is 6.42 Å². The molecule has 52 valence electrons. The number of nitrogens with zero attached hydrogens (tertiary/aromatic N) is 1. The topological polar surface area (TPSA) is 64.9 Å². The summed E-state index contributed by atoms with van der Waals surface area (Å²) in [7, 11) is 0. The van der Waals surface area contributed by atoms with Crippen LogP contribution in [0.4, 0.5) is 0 Å². The molecule has 0 aromatic heterocycles. The van der Waals surface area contributed by atoms with Gasteiger partial charge in [-0.2, -0.15) is 0 Å². The smallest absolute Gasteiger partial charge is 0.294 e. The maximum absolute atomic E-state index is 9.54. The van der Waals surface area contributed by atoms with E-state index in [2.05, 4.69) is 4.84 Å². The quantitative estimate of drug-likeness (QED) is 0.307. The van der Waals surface area contributed by atoms with Crippen molar-refractivity contribution in [2.75, 3.05) is 13.2 Å². The van der Waals surface area contributed by atoms with Crippen molar-refractivity contribution in [3.05, 3.63) is 10.1 Å². The van der Waals surface area contributed by atoms with Crippen molar-refractivity contribution in [1.29, 1.82) is 0 Å². The first-order chi connectivity index (χ1) is 4.29. The molecule has 5 heteroatoms. The van der Waals surface area contributed by atoms with Crippen LogP contribution in [0.1, 0.15) is 6.42 Å². The SMILES string of the molecule is O=[N+]([O-])OCCC1CO1. The molecule has 1 heterocycles. The summed E-state index contributed by atoms with van der Waals surface area (Å²) in [6.07, 6.45) is 0.839. The lowest BCUT2D eigenvalue weighted by Crippen LogP contribution is -2.04. The van der Waals surface area contributed by atoms with Crippen LogP contribution < -0.4 is 0 Å². The van der Waals surface area contributed by atoms with Crippen LogP contribution in [0.25, 0.3) is 0 Å². The van der Waals surface area contributed by atoms with Crippen LogP contribution in [-0.4, -0.2) is 24.4 Å². The highest BCUT2D eigenvalue weighted by molar-refractivity contribution is 4.67. The molecule has 1 fully saturated rings. The number of hydrogen-bond acceptors (Lipinski definition) is 4. The van der Waals surface area contributed by atoms with Gasteiger partial charge < -0.3 is 9.57 Å². The zero-order valence-electron chi connectivity index (χ0n) is 4.78. The van der Waals surface area contributed by atoms with Gasteiger partial charge in [-0.15, -0.1) is 10.1 Å². The molecule has 1 saturated heterocycles. The first kappa shape index (κ1) is 6.28. The third kappa shape index (κ3) is 2.86. The molecule has 1 atom stereocenters. The number of hydrogen-bond donors (Lipinski definition) is 0. The Kier molecular flexibility index (Phi) is 1.84. The normalized spacial score (nSPS) is 23.3. The third-order valence-corrected chi connectivity index (χ3v) is 1.04. The number of epoxide rings is 1. The van der Waals surface area contributed by atoms with E-state index >= 15 is 0 Å². The Morgan fingerprint density at radius 3 is 3.00 bits per heavy atom. The largest absolute Gasteiger partial charge is 0.373 e. The van der Waals surface area contributed by atoms with E-state index in [4.69, 9.17) is 4.74 Å². The van der Waals surface area contributed by atoms with Gasteiger partial charge in [0.25, 0.3) is 5.09 Å². The molecule has 0 aliphatic carbocycles. The van der Waals surface area contributed by atoms with Crippen molar-refractivity contribution in [2.24, 2.45) is 0 Å². The first-order valence-corrected chi connectivity index (χ1v) is 2.68. The van der Waals surface area contributed by atoms with E-state index < -0.39 is 5.09 Å². The second-order valence-electron chi connectivity index (χ2n) is 1.80. The van der Waals surface area contributed by atoms with Gasteiger partial charge >= 0.3 is 0 Å². The van der Waals surface area contributed by atoms with Crippen molar-refractivity contribution >= 4 is 0 Å². The minimum absolute atomic E-state index is 0.150. The van der Waals surface area contributed by atoms with Crippen LogP contribution in [0.15, 0.2) is 0 Å². The zero-order valence-corrected chi connectivity index (χ0v) is 4.78. The molecule has 0 N–H and O–H groups in total. The maximum atomic E-state index is 9.54. The molecule has 0 bridgehead atoms. The zero-order chi connectivity index (χ0) is 6.69. The summed E-state index contributed by atoms with van der Waals surface area (Å²) < 4.78 is 4.79. The maximum Gasteiger partial charge on any atom is 0.294 e. The van der Waals surface area contributed by atoms with Crippen LogP contribution in [-0.2, 0) is 9.57 Å². The average molecular weight is 133 g/mol. The lowest BCUT2D eigenvalue weighted by molar-refractivity contribution is -0.757. The minimum Gasteiger partial charge on any atom is -0.373 e. The Morgan fingerprint density at radius 1 is 1.89 bits per heavy atom. The fourth-order valence-electron chi connectivity index (χ4n) is 0.493. The molecular formula is C4H7NO4. The van der Waals surface area contributed by atoms with Crippen LogP contribution >= 0.6 is 0 Å². The second kappa shape index (κ2) is 2.63. The highest BCUT2D eigenvalue weighted by atomic mass is 16.9. The number of rotatable bonds is 4. The van der Waals surface area contributed by atoms with E-state index in [1.165, 1.54) is 0 Å². The molecule has 0 amide bonds. The van der Waals surface area contributed by atoms with Gasteiger partial charge in [-0.3, -0.25) is 0 Å². The highest BCUT2D eigenvalue weighted by Gasteiger charge is 2.21. The van der Waals surface area contributed by atoms with Crippen molar-refractivity contribution in [3.63, 3.8) is 0 Å².